The second-order valence-electron chi connectivity index (χ2n) is 5.84. The molecular formula is C14H16BrF3N2O. The standard InChI is InChI=1S/C14H16BrF3N2O/c1-13(2)8-20(19-12(13)21)11(14(16,17)18)7-9-3-5-10(15)6-4-9/h3-6,11H,7-8H2,1-2H3,(H,19,21)/t11-/m0/s1. The zero-order valence-electron chi connectivity index (χ0n) is 11.7. The number of alkyl halides is 3. The van der Waals surface area contributed by atoms with Gasteiger partial charge in [0.25, 0.3) is 0 Å². The van der Waals surface area contributed by atoms with Crippen LogP contribution < -0.4 is 5.43 Å². The number of carbonyl (C=O) groups excluding carboxylic acids is 1. The molecule has 0 aliphatic carbocycles. The van der Waals surface area contributed by atoms with Gasteiger partial charge in [0.15, 0.2) is 0 Å². The third kappa shape index (κ3) is 3.77. The first-order valence-electron chi connectivity index (χ1n) is 6.48. The summed E-state index contributed by atoms with van der Waals surface area (Å²) in [5, 5.41) is 1.00. The monoisotopic (exact) mass is 364 g/mol. The van der Waals surface area contributed by atoms with E-state index in [-0.39, 0.29) is 18.9 Å². The van der Waals surface area contributed by atoms with Crippen molar-refractivity contribution < 1.29 is 18.0 Å². The predicted octanol–water partition coefficient (Wildman–Crippen LogP) is 3.30. The summed E-state index contributed by atoms with van der Waals surface area (Å²) in [7, 11) is 0. The highest BCUT2D eigenvalue weighted by Crippen LogP contribution is 2.32. The number of carbonyl (C=O) groups is 1. The lowest BCUT2D eigenvalue weighted by Crippen LogP contribution is -2.51. The first kappa shape index (κ1) is 16.3. The van der Waals surface area contributed by atoms with E-state index >= 15 is 0 Å². The summed E-state index contributed by atoms with van der Waals surface area (Å²) in [5.74, 6) is -0.382. The van der Waals surface area contributed by atoms with Crippen molar-refractivity contribution in [1.82, 2.24) is 10.4 Å². The third-order valence-electron chi connectivity index (χ3n) is 3.52. The number of benzene rings is 1. The van der Waals surface area contributed by atoms with E-state index in [4.69, 9.17) is 0 Å². The van der Waals surface area contributed by atoms with Crippen LogP contribution in [0.1, 0.15) is 19.4 Å². The Morgan fingerprint density at radius 3 is 2.33 bits per heavy atom. The highest BCUT2D eigenvalue weighted by molar-refractivity contribution is 9.10. The molecule has 0 bridgehead atoms. The van der Waals surface area contributed by atoms with Crippen molar-refractivity contribution in [3.8, 4) is 0 Å². The predicted molar refractivity (Wildman–Crippen MR) is 76.3 cm³/mol. The summed E-state index contributed by atoms with van der Waals surface area (Å²) in [6, 6.07) is 4.96. The molecule has 1 saturated heterocycles. The Kier molecular flexibility index (Phi) is 4.35. The lowest BCUT2D eigenvalue weighted by Gasteiger charge is -2.29. The first-order valence-corrected chi connectivity index (χ1v) is 7.28. The van der Waals surface area contributed by atoms with Gasteiger partial charge in [0.1, 0.15) is 6.04 Å². The normalized spacial score (nSPS) is 20.4. The minimum absolute atomic E-state index is 0.0343. The Bertz CT molecular complexity index is 528. The van der Waals surface area contributed by atoms with Gasteiger partial charge >= 0.3 is 6.18 Å². The molecule has 1 heterocycles. The fourth-order valence-corrected chi connectivity index (χ4v) is 2.52. The average molecular weight is 365 g/mol. The Balaban J connectivity index is 2.20. The topological polar surface area (TPSA) is 32.3 Å². The van der Waals surface area contributed by atoms with Crippen molar-refractivity contribution in [3.63, 3.8) is 0 Å². The van der Waals surface area contributed by atoms with Gasteiger partial charge in [-0.3, -0.25) is 10.2 Å². The minimum atomic E-state index is -4.42. The molecule has 0 saturated carbocycles. The summed E-state index contributed by atoms with van der Waals surface area (Å²) in [6.07, 6.45) is -4.62. The number of halogens is 4. The van der Waals surface area contributed by atoms with E-state index in [1.54, 1.807) is 38.1 Å². The van der Waals surface area contributed by atoms with E-state index in [2.05, 4.69) is 21.4 Å². The van der Waals surface area contributed by atoms with Crippen LogP contribution in [-0.4, -0.2) is 29.7 Å². The largest absolute Gasteiger partial charge is 0.406 e. The van der Waals surface area contributed by atoms with Gasteiger partial charge in [0, 0.05) is 11.0 Å². The zero-order valence-corrected chi connectivity index (χ0v) is 13.3. The molecule has 0 aromatic heterocycles. The van der Waals surface area contributed by atoms with Crippen molar-refractivity contribution in [3.05, 3.63) is 34.3 Å². The van der Waals surface area contributed by atoms with Gasteiger partial charge in [-0.2, -0.15) is 13.2 Å². The SMILES string of the molecule is CC1(C)CN([C@@H](Cc2ccc(Br)cc2)C(F)(F)F)NC1=O. The second-order valence-corrected chi connectivity index (χ2v) is 6.76. The van der Waals surface area contributed by atoms with E-state index in [0.717, 1.165) is 9.48 Å². The zero-order chi connectivity index (χ0) is 15.8. The number of nitrogens with one attached hydrogen (secondary N) is 1. The number of rotatable bonds is 3. The van der Waals surface area contributed by atoms with Crippen LogP contribution in [0.4, 0.5) is 13.2 Å². The molecule has 2 rings (SSSR count). The Hall–Kier alpha value is -1.08. The molecule has 1 amide bonds. The number of hydrogen-bond acceptors (Lipinski definition) is 2. The molecule has 1 aliphatic heterocycles. The number of nitrogens with zero attached hydrogens (tertiary/aromatic N) is 1. The van der Waals surface area contributed by atoms with Crippen molar-refractivity contribution in [2.24, 2.45) is 5.41 Å². The summed E-state index contributed by atoms with van der Waals surface area (Å²) in [6.45, 7) is 3.30. The van der Waals surface area contributed by atoms with Gasteiger partial charge in [0.05, 0.1) is 5.41 Å². The maximum absolute atomic E-state index is 13.3. The molecule has 1 fully saturated rings. The van der Waals surface area contributed by atoms with Gasteiger partial charge in [-0.1, -0.05) is 28.1 Å². The van der Waals surface area contributed by atoms with Gasteiger partial charge in [-0.05, 0) is 38.0 Å². The number of hydrazine groups is 1. The highest BCUT2D eigenvalue weighted by atomic mass is 79.9. The van der Waals surface area contributed by atoms with Crippen LogP contribution in [0.2, 0.25) is 0 Å². The van der Waals surface area contributed by atoms with E-state index in [1.165, 1.54) is 0 Å². The fourth-order valence-electron chi connectivity index (χ4n) is 2.25. The molecule has 1 aromatic carbocycles. The van der Waals surface area contributed by atoms with Crippen LogP contribution in [0.25, 0.3) is 0 Å². The lowest BCUT2D eigenvalue weighted by atomic mass is 9.94. The quantitative estimate of drug-likeness (QED) is 0.892. The minimum Gasteiger partial charge on any atom is -0.288 e. The summed E-state index contributed by atoms with van der Waals surface area (Å²) < 4.78 is 40.8. The molecule has 0 unspecified atom stereocenters. The van der Waals surface area contributed by atoms with Gasteiger partial charge < -0.3 is 0 Å². The molecule has 1 atom stereocenters. The highest BCUT2D eigenvalue weighted by Gasteiger charge is 2.50. The van der Waals surface area contributed by atoms with Gasteiger partial charge in [-0.25, -0.2) is 5.01 Å². The van der Waals surface area contributed by atoms with Crippen LogP contribution >= 0.6 is 15.9 Å². The van der Waals surface area contributed by atoms with Crippen molar-refractivity contribution in [1.29, 1.82) is 0 Å². The first-order chi connectivity index (χ1) is 9.59. The number of amides is 1. The smallest absolute Gasteiger partial charge is 0.288 e. The maximum atomic E-state index is 13.3. The molecule has 0 radical (unpaired) electrons. The Morgan fingerprint density at radius 1 is 1.33 bits per heavy atom. The van der Waals surface area contributed by atoms with Crippen LogP contribution in [0.3, 0.4) is 0 Å². The molecule has 116 valence electrons. The molecule has 0 spiro atoms. The van der Waals surface area contributed by atoms with Crippen molar-refractivity contribution in [2.45, 2.75) is 32.5 Å². The van der Waals surface area contributed by atoms with E-state index < -0.39 is 17.6 Å². The third-order valence-corrected chi connectivity index (χ3v) is 4.05. The van der Waals surface area contributed by atoms with Crippen LogP contribution in [0, 0.1) is 5.41 Å². The van der Waals surface area contributed by atoms with E-state index in [0.29, 0.717) is 5.56 Å². The van der Waals surface area contributed by atoms with Crippen molar-refractivity contribution in [2.75, 3.05) is 6.54 Å². The summed E-state index contributed by atoms with van der Waals surface area (Å²) >= 11 is 3.25. The lowest BCUT2D eigenvalue weighted by molar-refractivity contribution is -0.188. The Morgan fingerprint density at radius 2 is 1.90 bits per heavy atom. The van der Waals surface area contributed by atoms with Gasteiger partial charge in [0.2, 0.25) is 5.91 Å². The van der Waals surface area contributed by atoms with Crippen molar-refractivity contribution >= 4 is 21.8 Å². The van der Waals surface area contributed by atoms with Crippen LogP contribution in [0.5, 0.6) is 0 Å². The van der Waals surface area contributed by atoms with Crippen LogP contribution in [0.15, 0.2) is 28.7 Å². The second kappa shape index (κ2) is 5.61. The molecule has 1 aromatic rings. The van der Waals surface area contributed by atoms with E-state index in [1.807, 2.05) is 0 Å². The average Bonchev–Trinajstić information content (AvgIpc) is 2.61. The maximum Gasteiger partial charge on any atom is 0.406 e. The molecule has 3 nitrogen and oxygen atoms in total. The summed E-state index contributed by atoms with van der Waals surface area (Å²) in [4.78, 5) is 11.7. The number of hydrogen-bond donors (Lipinski definition) is 1. The van der Waals surface area contributed by atoms with E-state index in [9.17, 15) is 18.0 Å². The molecule has 7 heteroatoms. The molecule has 21 heavy (non-hydrogen) atoms. The Labute approximate surface area is 129 Å². The molecule has 1 aliphatic rings. The fraction of sp³-hybridized carbons (Fsp3) is 0.500. The van der Waals surface area contributed by atoms with Crippen LogP contribution in [-0.2, 0) is 11.2 Å². The molecule has 1 N–H and O–H groups in total. The molecular weight excluding hydrogens is 349 g/mol. The summed E-state index contributed by atoms with van der Waals surface area (Å²) in [5.41, 5.74) is 2.10. The van der Waals surface area contributed by atoms with Gasteiger partial charge in [-0.15, -0.1) is 0 Å².